The van der Waals surface area contributed by atoms with Gasteiger partial charge in [0.2, 0.25) is 5.91 Å². The van der Waals surface area contributed by atoms with Crippen molar-refractivity contribution in [3.63, 3.8) is 0 Å². The summed E-state index contributed by atoms with van der Waals surface area (Å²) in [5.74, 6) is -0.243. The third-order valence-electron chi connectivity index (χ3n) is 3.60. The first kappa shape index (κ1) is 14.0. The zero-order valence-corrected chi connectivity index (χ0v) is 11.7. The van der Waals surface area contributed by atoms with Crippen LogP contribution in [0.2, 0.25) is 0 Å². The summed E-state index contributed by atoms with van der Waals surface area (Å²) in [4.78, 5) is 14.0. The number of nitrogens with zero attached hydrogens (tertiary/aromatic N) is 1. The monoisotopic (exact) mass is 277 g/mol. The number of primary amides is 1. The zero-order valence-electron chi connectivity index (χ0n) is 10.8. The van der Waals surface area contributed by atoms with Gasteiger partial charge in [-0.25, -0.2) is 0 Å². The SMILES string of the molecule is NC(=O)C1CCCCN1Cc1ccccc1C(N)=S. The number of likely N-dealkylation sites (tertiary alicyclic amines) is 1. The molecule has 1 aromatic carbocycles. The van der Waals surface area contributed by atoms with Crippen LogP contribution in [-0.4, -0.2) is 28.4 Å². The average molecular weight is 277 g/mol. The Labute approximate surface area is 118 Å². The van der Waals surface area contributed by atoms with E-state index in [0.29, 0.717) is 11.5 Å². The molecule has 5 heteroatoms. The van der Waals surface area contributed by atoms with Crippen molar-refractivity contribution >= 4 is 23.1 Å². The first-order valence-corrected chi connectivity index (χ1v) is 6.91. The Morgan fingerprint density at radius 2 is 2.05 bits per heavy atom. The minimum absolute atomic E-state index is 0.173. The number of thiocarbonyl (C=S) groups is 1. The van der Waals surface area contributed by atoms with Crippen molar-refractivity contribution in [3.05, 3.63) is 35.4 Å². The fourth-order valence-electron chi connectivity index (χ4n) is 2.62. The van der Waals surface area contributed by atoms with E-state index >= 15 is 0 Å². The second-order valence-electron chi connectivity index (χ2n) is 4.91. The maximum atomic E-state index is 11.5. The van der Waals surface area contributed by atoms with Gasteiger partial charge < -0.3 is 11.5 Å². The maximum absolute atomic E-state index is 11.5. The molecule has 2 rings (SSSR count). The van der Waals surface area contributed by atoms with E-state index in [2.05, 4.69) is 4.90 Å². The van der Waals surface area contributed by atoms with Crippen LogP contribution >= 0.6 is 12.2 Å². The molecular weight excluding hydrogens is 258 g/mol. The lowest BCUT2D eigenvalue weighted by molar-refractivity contribution is -0.124. The van der Waals surface area contributed by atoms with Gasteiger partial charge in [0.25, 0.3) is 0 Å². The van der Waals surface area contributed by atoms with Crippen molar-refractivity contribution < 1.29 is 4.79 Å². The number of amides is 1. The van der Waals surface area contributed by atoms with Crippen LogP contribution < -0.4 is 11.5 Å². The summed E-state index contributed by atoms with van der Waals surface area (Å²) < 4.78 is 0. The molecule has 0 aromatic heterocycles. The molecule has 0 radical (unpaired) electrons. The number of rotatable bonds is 4. The minimum Gasteiger partial charge on any atom is -0.389 e. The quantitative estimate of drug-likeness (QED) is 0.810. The molecule has 19 heavy (non-hydrogen) atoms. The number of benzene rings is 1. The van der Waals surface area contributed by atoms with Gasteiger partial charge in [0.1, 0.15) is 4.99 Å². The fourth-order valence-corrected chi connectivity index (χ4v) is 2.82. The van der Waals surface area contributed by atoms with Crippen molar-refractivity contribution in [3.8, 4) is 0 Å². The largest absolute Gasteiger partial charge is 0.389 e. The van der Waals surface area contributed by atoms with Crippen molar-refractivity contribution in [2.45, 2.75) is 31.8 Å². The molecule has 1 aliphatic rings. The molecular formula is C14H19N3OS. The molecule has 1 atom stereocenters. The van der Waals surface area contributed by atoms with E-state index in [1.54, 1.807) is 0 Å². The molecule has 1 fully saturated rings. The second-order valence-corrected chi connectivity index (χ2v) is 5.35. The van der Waals surface area contributed by atoms with Crippen LogP contribution in [0.25, 0.3) is 0 Å². The van der Waals surface area contributed by atoms with Crippen molar-refractivity contribution in [2.75, 3.05) is 6.54 Å². The van der Waals surface area contributed by atoms with Gasteiger partial charge in [0, 0.05) is 12.1 Å². The van der Waals surface area contributed by atoms with Crippen LogP contribution in [-0.2, 0) is 11.3 Å². The number of carbonyl (C=O) groups is 1. The molecule has 4 N–H and O–H groups in total. The predicted molar refractivity (Wildman–Crippen MR) is 79.6 cm³/mol. The number of hydrogen-bond acceptors (Lipinski definition) is 3. The normalized spacial score (nSPS) is 20.1. The summed E-state index contributed by atoms with van der Waals surface area (Å²) in [6.07, 6.45) is 2.99. The lowest BCUT2D eigenvalue weighted by atomic mass is 9.99. The number of hydrogen-bond donors (Lipinski definition) is 2. The van der Waals surface area contributed by atoms with E-state index in [1.807, 2.05) is 24.3 Å². The van der Waals surface area contributed by atoms with Gasteiger partial charge in [-0.2, -0.15) is 0 Å². The van der Waals surface area contributed by atoms with Crippen molar-refractivity contribution in [1.82, 2.24) is 4.90 Å². The van der Waals surface area contributed by atoms with Gasteiger partial charge >= 0.3 is 0 Å². The van der Waals surface area contributed by atoms with Gasteiger partial charge in [-0.3, -0.25) is 9.69 Å². The lowest BCUT2D eigenvalue weighted by Crippen LogP contribution is -2.47. The lowest BCUT2D eigenvalue weighted by Gasteiger charge is -2.34. The van der Waals surface area contributed by atoms with Crippen LogP contribution in [0.1, 0.15) is 30.4 Å². The topological polar surface area (TPSA) is 72.4 Å². The first-order valence-electron chi connectivity index (χ1n) is 6.50. The summed E-state index contributed by atoms with van der Waals surface area (Å²) in [5.41, 5.74) is 13.2. The Morgan fingerprint density at radius 1 is 1.32 bits per heavy atom. The molecule has 1 unspecified atom stereocenters. The van der Waals surface area contributed by atoms with Gasteiger partial charge in [0.05, 0.1) is 6.04 Å². The summed E-state index contributed by atoms with van der Waals surface area (Å²) >= 11 is 5.07. The Kier molecular flexibility index (Phi) is 4.50. The van der Waals surface area contributed by atoms with Crippen LogP contribution in [0.15, 0.2) is 24.3 Å². The van der Waals surface area contributed by atoms with E-state index in [4.69, 9.17) is 23.7 Å². The summed E-state index contributed by atoms with van der Waals surface area (Å²) in [7, 11) is 0. The minimum atomic E-state index is -0.243. The van der Waals surface area contributed by atoms with Gasteiger partial charge in [0.15, 0.2) is 0 Å². The molecule has 0 spiro atoms. The molecule has 102 valence electrons. The second kappa shape index (κ2) is 6.12. The summed E-state index contributed by atoms with van der Waals surface area (Å²) in [6.45, 7) is 1.56. The van der Waals surface area contributed by atoms with Crippen molar-refractivity contribution in [1.29, 1.82) is 0 Å². The molecule has 0 bridgehead atoms. The van der Waals surface area contributed by atoms with E-state index in [1.165, 1.54) is 0 Å². The van der Waals surface area contributed by atoms with E-state index in [0.717, 1.165) is 36.9 Å². The third-order valence-corrected chi connectivity index (χ3v) is 3.82. The first-order chi connectivity index (χ1) is 9.09. The zero-order chi connectivity index (χ0) is 13.8. The molecule has 0 saturated carbocycles. The molecule has 1 aliphatic heterocycles. The molecule has 4 nitrogen and oxygen atoms in total. The maximum Gasteiger partial charge on any atom is 0.234 e. The fraction of sp³-hybridized carbons (Fsp3) is 0.429. The average Bonchev–Trinajstić information content (AvgIpc) is 2.39. The highest BCUT2D eigenvalue weighted by atomic mass is 32.1. The summed E-state index contributed by atoms with van der Waals surface area (Å²) in [5, 5.41) is 0. The van der Waals surface area contributed by atoms with E-state index < -0.39 is 0 Å². The number of carbonyl (C=O) groups excluding carboxylic acids is 1. The Morgan fingerprint density at radius 3 is 2.74 bits per heavy atom. The molecule has 1 amide bonds. The number of nitrogens with two attached hydrogens (primary N) is 2. The van der Waals surface area contributed by atoms with Crippen molar-refractivity contribution in [2.24, 2.45) is 11.5 Å². The highest BCUT2D eigenvalue weighted by molar-refractivity contribution is 7.80. The van der Waals surface area contributed by atoms with Crippen LogP contribution in [0, 0.1) is 0 Å². The summed E-state index contributed by atoms with van der Waals surface area (Å²) in [6, 6.07) is 7.62. The van der Waals surface area contributed by atoms with E-state index in [-0.39, 0.29) is 11.9 Å². The standard InChI is InChI=1S/C14H19N3OS/c15-13(18)12-7-3-4-8-17(12)9-10-5-1-2-6-11(10)14(16)19/h1-2,5-6,12H,3-4,7-9H2,(H2,15,18)(H2,16,19). The van der Waals surface area contributed by atoms with Gasteiger partial charge in [-0.15, -0.1) is 0 Å². The van der Waals surface area contributed by atoms with Gasteiger partial charge in [-0.05, 0) is 24.9 Å². The Hall–Kier alpha value is -1.46. The van der Waals surface area contributed by atoms with E-state index in [9.17, 15) is 4.79 Å². The van der Waals surface area contributed by atoms with Crippen LogP contribution in [0.3, 0.4) is 0 Å². The highest BCUT2D eigenvalue weighted by Gasteiger charge is 2.27. The Bertz CT molecular complexity index is 489. The predicted octanol–water partition coefficient (Wildman–Crippen LogP) is 1.16. The van der Waals surface area contributed by atoms with Crippen LogP contribution in [0.5, 0.6) is 0 Å². The van der Waals surface area contributed by atoms with Gasteiger partial charge in [-0.1, -0.05) is 42.9 Å². The Balaban J connectivity index is 2.19. The highest BCUT2D eigenvalue weighted by Crippen LogP contribution is 2.21. The molecule has 1 aromatic rings. The van der Waals surface area contributed by atoms with Crippen LogP contribution in [0.4, 0.5) is 0 Å². The molecule has 0 aliphatic carbocycles. The third kappa shape index (κ3) is 3.30. The smallest absolute Gasteiger partial charge is 0.234 e. The molecule has 1 heterocycles. The molecule has 1 saturated heterocycles. The number of piperidine rings is 1.